The summed E-state index contributed by atoms with van der Waals surface area (Å²) in [5, 5.41) is 14.3. The molecule has 5 heteroatoms. The number of rotatable bonds is 3. The van der Waals surface area contributed by atoms with Gasteiger partial charge >= 0.3 is 0 Å². The van der Waals surface area contributed by atoms with E-state index in [9.17, 15) is 10.1 Å². The van der Waals surface area contributed by atoms with Crippen LogP contribution in [-0.4, -0.2) is 29.1 Å². The van der Waals surface area contributed by atoms with E-state index in [-0.39, 0.29) is 17.0 Å². The fourth-order valence-electron chi connectivity index (χ4n) is 3.12. The van der Waals surface area contributed by atoms with Crippen molar-refractivity contribution >= 4 is 0 Å². The fraction of sp³-hybridized carbons (Fsp3) is 1.00. The molecule has 98 valence electrons. The van der Waals surface area contributed by atoms with Gasteiger partial charge in [-0.15, -0.1) is 0 Å². The summed E-state index contributed by atoms with van der Waals surface area (Å²) in [6, 6.07) is 0.839. The number of nitrogens with two attached hydrogens (primary N) is 1. The van der Waals surface area contributed by atoms with E-state index in [1.807, 2.05) is 0 Å². The summed E-state index contributed by atoms with van der Waals surface area (Å²) in [5.74, 6) is 0. The Hall–Kier alpha value is -0.680. The predicted molar refractivity (Wildman–Crippen MR) is 66.4 cm³/mol. The summed E-state index contributed by atoms with van der Waals surface area (Å²) < 4.78 is 0. The first-order valence-corrected chi connectivity index (χ1v) is 6.82. The smallest absolute Gasteiger partial charge is 0.213 e. The van der Waals surface area contributed by atoms with Crippen molar-refractivity contribution in [3.05, 3.63) is 10.1 Å². The number of hydrogen-bond acceptors (Lipinski definition) is 4. The summed E-state index contributed by atoms with van der Waals surface area (Å²) >= 11 is 0. The van der Waals surface area contributed by atoms with Gasteiger partial charge < -0.3 is 11.1 Å². The molecule has 0 amide bonds. The maximum Gasteiger partial charge on any atom is 0.213 e. The van der Waals surface area contributed by atoms with Crippen molar-refractivity contribution < 1.29 is 4.92 Å². The topological polar surface area (TPSA) is 81.2 Å². The average Bonchev–Trinajstić information content (AvgIpc) is 2.33. The summed E-state index contributed by atoms with van der Waals surface area (Å²) in [4.78, 5) is 10.5. The zero-order chi connectivity index (χ0) is 12.3. The molecule has 0 aromatic carbocycles. The third-order valence-corrected chi connectivity index (χ3v) is 4.26. The average molecular weight is 241 g/mol. The van der Waals surface area contributed by atoms with E-state index in [0.29, 0.717) is 24.9 Å². The van der Waals surface area contributed by atoms with Gasteiger partial charge in [0.25, 0.3) is 0 Å². The van der Waals surface area contributed by atoms with Crippen LogP contribution >= 0.6 is 0 Å². The minimum Gasteiger partial charge on any atom is -0.326 e. The molecule has 0 radical (unpaired) electrons. The molecule has 0 aliphatic heterocycles. The summed E-state index contributed by atoms with van der Waals surface area (Å²) in [7, 11) is 0. The molecule has 5 nitrogen and oxygen atoms in total. The number of nitrogens with zero attached hydrogens (tertiary/aromatic N) is 1. The van der Waals surface area contributed by atoms with Crippen molar-refractivity contribution in [2.24, 2.45) is 5.73 Å². The Morgan fingerprint density at radius 1 is 1.06 bits per heavy atom. The lowest BCUT2D eigenvalue weighted by Crippen LogP contribution is -2.52. The second-order valence-electron chi connectivity index (χ2n) is 5.51. The second kappa shape index (κ2) is 5.78. The molecule has 0 heterocycles. The lowest BCUT2D eigenvalue weighted by Gasteiger charge is -2.35. The predicted octanol–water partition coefficient (Wildman–Crippen LogP) is 1.43. The van der Waals surface area contributed by atoms with E-state index in [1.165, 1.54) is 12.8 Å². The monoisotopic (exact) mass is 241 g/mol. The number of hydrogen-bond donors (Lipinski definition) is 2. The molecular weight excluding hydrogens is 218 g/mol. The van der Waals surface area contributed by atoms with Gasteiger partial charge in [-0.2, -0.15) is 0 Å². The third kappa shape index (κ3) is 3.39. The van der Waals surface area contributed by atoms with Crippen molar-refractivity contribution in [1.82, 2.24) is 5.32 Å². The van der Waals surface area contributed by atoms with Crippen LogP contribution in [0.15, 0.2) is 0 Å². The molecule has 2 aliphatic carbocycles. The summed E-state index contributed by atoms with van der Waals surface area (Å²) in [6.07, 6.45) is 8.06. The molecule has 0 saturated heterocycles. The second-order valence-corrected chi connectivity index (χ2v) is 5.51. The number of nitrogens with one attached hydrogen (secondary N) is 1. The first-order valence-electron chi connectivity index (χ1n) is 6.82. The zero-order valence-electron chi connectivity index (χ0n) is 10.3. The van der Waals surface area contributed by atoms with Gasteiger partial charge in [-0.1, -0.05) is 12.8 Å². The van der Waals surface area contributed by atoms with Gasteiger partial charge in [-0.25, -0.2) is 0 Å². The maximum absolute atomic E-state index is 10.7. The quantitative estimate of drug-likeness (QED) is 0.578. The van der Waals surface area contributed by atoms with E-state index in [2.05, 4.69) is 5.32 Å². The Morgan fingerprint density at radius 3 is 2.29 bits per heavy atom. The van der Waals surface area contributed by atoms with Gasteiger partial charge in [-0.05, 0) is 25.7 Å². The van der Waals surface area contributed by atoms with Gasteiger partial charge in [0.15, 0.2) is 0 Å². The van der Waals surface area contributed by atoms with E-state index in [4.69, 9.17) is 5.73 Å². The van der Waals surface area contributed by atoms with Crippen LogP contribution < -0.4 is 11.1 Å². The zero-order valence-corrected chi connectivity index (χ0v) is 10.3. The number of nitro groups is 1. The normalized spacial score (nSPS) is 38.9. The van der Waals surface area contributed by atoms with Crippen LogP contribution in [0.2, 0.25) is 0 Å². The van der Waals surface area contributed by atoms with Crippen LogP contribution in [0.25, 0.3) is 0 Å². The first kappa shape index (κ1) is 12.8. The van der Waals surface area contributed by atoms with Crippen LogP contribution in [0.5, 0.6) is 0 Å². The van der Waals surface area contributed by atoms with Crippen molar-refractivity contribution in [3.8, 4) is 0 Å². The van der Waals surface area contributed by atoms with Crippen molar-refractivity contribution in [2.75, 3.05) is 0 Å². The molecule has 17 heavy (non-hydrogen) atoms. The highest BCUT2D eigenvalue weighted by Crippen LogP contribution is 2.23. The SMILES string of the molecule is NC1CCCCC1NC1CCC([N+](=O)[O-])CC1. The van der Waals surface area contributed by atoms with Crippen molar-refractivity contribution in [1.29, 1.82) is 0 Å². The Bertz CT molecular complexity index is 264. The molecule has 2 atom stereocenters. The minimum absolute atomic E-state index is 0.122. The van der Waals surface area contributed by atoms with Crippen molar-refractivity contribution in [2.45, 2.75) is 75.5 Å². The van der Waals surface area contributed by atoms with Crippen LogP contribution in [0.4, 0.5) is 0 Å². The molecule has 0 aromatic heterocycles. The standard InChI is InChI=1S/C12H23N3O2/c13-11-3-1-2-4-12(11)14-9-5-7-10(8-6-9)15(16)17/h9-12,14H,1-8,13H2. The van der Waals surface area contributed by atoms with Crippen LogP contribution in [0.1, 0.15) is 51.4 Å². The molecule has 2 unspecified atom stereocenters. The molecule has 3 N–H and O–H groups in total. The van der Waals surface area contributed by atoms with Crippen LogP contribution in [-0.2, 0) is 0 Å². The molecular formula is C12H23N3O2. The van der Waals surface area contributed by atoms with Gasteiger partial charge in [0, 0.05) is 35.9 Å². The van der Waals surface area contributed by atoms with E-state index in [1.54, 1.807) is 0 Å². The molecule has 0 aromatic rings. The largest absolute Gasteiger partial charge is 0.326 e. The molecule has 2 fully saturated rings. The van der Waals surface area contributed by atoms with Gasteiger partial charge in [0.2, 0.25) is 6.04 Å². The third-order valence-electron chi connectivity index (χ3n) is 4.26. The van der Waals surface area contributed by atoms with Crippen LogP contribution in [0.3, 0.4) is 0 Å². The van der Waals surface area contributed by atoms with E-state index < -0.39 is 0 Å². The summed E-state index contributed by atoms with van der Waals surface area (Å²) in [5.41, 5.74) is 6.10. The lowest BCUT2D eigenvalue weighted by molar-refractivity contribution is -0.526. The van der Waals surface area contributed by atoms with E-state index in [0.717, 1.165) is 25.7 Å². The molecule has 2 saturated carbocycles. The Balaban J connectivity index is 1.75. The lowest BCUT2D eigenvalue weighted by atomic mass is 9.87. The Kier molecular flexibility index (Phi) is 4.34. The van der Waals surface area contributed by atoms with Crippen molar-refractivity contribution in [3.63, 3.8) is 0 Å². The fourth-order valence-corrected chi connectivity index (χ4v) is 3.12. The first-order chi connectivity index (χ1) is 8.16. The van der Waals surface area contributed by atoms with Gasteiger partial charge in [0.1, 0.15) is 0 Å². The minimum atomic E-state index is -0.312. The maximum atomic E-state index is 10.7. The molecule has 0 spiro atoms. The molecule has 2 rings (SSSR count). The highest BCUT2D eigenvalue weighted by Gasteiger charge is 2.31. The molecule has 2 aliphatic rings. The highest BCUT2D eigenvalue weighted by molar-refractivity contribution is 4.88. The van der Waals surface area contributed by atoms with Crippen LogP contribution in [0, 0.1) is 10.1 Å². The van der Waals surface area contributed by atoms with E-state index >= 15 is 0 Å². The Morgan fingerprint density at radius 2 is 1.71 bits per heavy atom. The summed E-state index contributed by atoms with van der Waals surface area (Å²) in [6.45, 7) is 0. The van der Waals surface area contributed by atoms with Gasteiger partial charge in [0.05, 0.1) is 0 Å². The highest BCUT2D eigenvalue weighted by atomic mass is 16.6. The molecule has 0 bridgehead atoms. The Labute approximate surface area is 102 Å². The van der Waals surface area contributed by atoms with Gasteiger partial charge in [-0.3, -0.25) is 10.1 Å².